The Morgan fingerprint density at radius 2 is 1.86 bits per heavy atom. The van der Waals surface area contributed by atoms with E-state index in [9.17, 15) is 18.0 Å². The smallest absolute Gasteiger partial charge is 0.323 e. The Bertz CT molecular complexity index is 586. The summed E-state index contributed by atoms with van der Waals surface area (Å²) in [4.78, 5) is 23.9. The van der Waals surface area contributed by atoms with Gasteiger partial charge in [-0.15, -0.1) is 0 Å². The number of nitrogens with zero attached hydrogens (tertiary/aromatic N) is 1. The first-order chi connectivity index (χ1) is 9.85. The predicted molar refractivity (Wildman–Crippen MR) is 79.2 cm³/mol. The Hall–Kier alpha value is -2.09. The molecule has 2 amide bonds. The second kappa shape index (κ2) is 7.63. The number of anilines is 1. The van der Waals surface area contributed by atoms with Gasteiger partial charge in [0, 0.05) is 18.0 Å². The molecule has 2 N–H and O–H groups in total. The van der Waals surface area contributed by atoms with E-state index in [1.54, 1.807) is 30.3 Å². The Labute approximate surface area is 123 Å². The topological polar surface area (TPSA) is 104 Å². The summed E-state index contributed by atoms with van der Waals surface area (Å²) < 4.78 is 22.7. The summed E-state index contributed by atoms with van der Waals surface area (Å²) in [6.07, 6.45) is 0. The zero-order chi connectivity index (χ0) is 15.9. The minimum absolute atomic E-state index is 0.000393. The number of carbonyl (C=O) groups is 2. The first kappa shape index (κ1) is 17.0. The minimum Gasteiger partial charge on any atom is -0.480 e. The molecular formula is C13H18N2O5S. The van der Waals surface area contributed by atoms with Crippen LogP contribution in [0.25, 0.3) is 0 Å². The first-order valence-electron chi connectivity index (χ1n) is 6.38. The van der Waals surface area contributed by atoms with Crippen LogP contribution in [0.3, 0.4) is 0 Å². The lowest BCUT2D eigenvalue weighted by molar-refractivity contribution is -0.135. The average molecular weight is 314 g/mol. The monoisotopic (exact) mass is 314 g/mol. The van der Waals surface area contributed by atoms with Gasteiger partial charge in [0.25, 0.3) is 0 Å². The van der Waals surface area contributed by atoms with E-state index in [2.05, 4.69) is 5.32 Å². The molecule has 0 bridgehead atoms. The summed E-state index contributed by atoms with van der Waals surface area (Å²) in [5, 5.41) is 11.3. The number of urea groups is 1. The van der Waals surface area contributed by atoms with E-state index >= 15 is 0 Å². The van der Waals surface area contributed by atoms with E-state index in [1.165, 1.54) is 6.92 Å². The Kier molecular flexibility index (Phi) is 6.16. The summed E-state index contributed by atoms with van der Waals surface area (Å²) in [5.74, 6) is -1.33. The molecule has 0 fully saturated rings. The van der Waals surface area contributed by atoms with Gasteiger partial charge in [0.1, 0.15) is 6.54 Å². The molecule has 0 aromatic heterocycles. The highest BCUT2D eigenvalue weighted by atomic mass is 32.2. The maximum atomic E-state index is 12.0. The van der Waals surface area contributed by atoms with Gasteiger partial charge in [-0.1, -0.05) is 25.1 Å². The first-order valence-corrected chi connectivity index (χ1v) is 8.20. The highest BCUT2D eigenvalue weighted by Crippen LogP contribution is 2.12. The van der Waals surface area contributed by atoms with Crippen LogP contribution in [0.15, 0.2) is 30.3 Å². The fourth-order valence-electron chi connectivity index (χ4n) is 1.58. The molecule has 0 heterocycles. The molecule has 0 aliphatic heterocycles. The van der Waals surface area contributed by atoms with E-state index in [-0.39, 0.29) is 18.1 Å². The second-order valence-electron chi connectivity index (χ2n) is 4.28. The van der Waals surface area contributed by atoms with Gasteiger partial charge in [0.05, 0.1) is 5.75 Å². The van der Waals surface area contributed by atoms with Crippen molar-refractivity contribution in [3.05, 3.63) is 30.3 Å². The van der Waals surface area contributed by atoms with Gasteiger partial charge in [0.15, 0.2) is 9.84 Å². The number of nitrogens with one attached hydrogen (secondary N) is 1. The third kappa shape index (κ3) is 5.82. The second-order valence-corrected chi connectivity index (χ2v) is 6.76. The van der Waals surface area contributed by atoms with E-state index in [1.807, 2.05) is 0 Å². The molecular weight excluding hydrogens is 296 g/mol. The molecule has 0 radical (unpaired) electrons. The van der Waals surface area contributed by atoms with Crippen LogP contribution < -0.4 is 10.2 Å². The molecule has 116 valence electrons. The standard InChI is InChI=1S/C13H18N2O5S/c1-2-21(19,20)9-8-14-13(18)15(10-12(16)17)11-6-4-3-5-7-11/h3-7H,2,8-10H2,1H3,(H,14,18)(H,16,17). The summed E-state index contributed by atoms with van der Waals surface area (Å²) in [6.45, 7) is 0.964. The maximum Gasteiger partial charge on any atom is 0.323 e. The van der Waals surface area contributed by atoms with Gasteiger partial charge in [-0.3, -0.25) is 9.69 Å². The van der Waals surface area contributed by atoms with Gasteiger partial charge in [-0.2, -0.15) is 0 Å². The van der Waals surface area contributed by atoms with Crippen molar-refractivity contribution in [2.75, 3.05) is 29.5 Å². The van der Waals surface area contributed by atoms with Crippen LogP contribution in [0.4, 0.5) is 10.5 Å². The summed E-state index contributed by atoms with van der Waals surface area (Å²) >= 11 is 0. The highest BCUT2D eigenvalue weighted by Gasteiger charge is 2.18. The molecule has 0 aliphatic rings. The summed E-state index contributed by atoms with van der Waals surface area (Å²) in [7, 11) is -3.18. The van der Waals surface area contributed by atoms with Crippen molar-refractivity contribution in [2.24, 2.45) is 0 Å². The number of hydrogen-bond donors (Lipinski definition) is 2. The van der Waals surface area contributed by atoms with E-state index in [0.717, 1.165) is 4.90 Å². The van der Waals surface area contributed by atoms with E-state index in [4.69, 9.17) is 5.11 Å². The third-order valence-corrected chi connectivity index (χ3v) is 4.44. The number of para-hydroxylation sites is 1. The predicted octanol–water partition coefficient (Wildman–Crippen LogP) is 0.722. The van der Waals surface area contributed by atoms with Crippen LogP contribution in [0.5, 0.6) is 0 Å². The van der Waals surface area contributed by atoms with Crippen molar-refractivity contribution >= 4 is 27.5 Å². The number of carbonyl (C=O) groups excluding carboxylic acids is 1. The molecule has 8 heteroatoms. The van der Waals surface area contributed by atoms with Gasteiger partial charge >= 0.3 is 12.0 Å². The van der Waals surface area contributed by atoms with Crippen LogP contribution in [-0.4, -0.2) is 50.1 Å². The van der Waals surface area contributed by atoms with Crippen LogP contribution in [0, 0.1) is 0 Å². The molecule has 0 spiro atoms. The zero-order valence-electron chi connectivity index (χ0n) is 11.7. The SMILES string of the molecule is CCS(=O)(=O)CCNC(=O)N(CC(=O)O)c1ccccc1. The molecule has 0 aliphatic carbocycles. The van der Waals surface area contributed by atoms with Crippen molar-refractivity contribution in [2.45, 2.75) is 6.92 Å². The minimum atomic E-state index is -3.18. The van der Waals surface area contributed by atoms with E-state index < -0.39 is 28.4 Å². The third-order valence-electron chi connectivity index (χ3n) is 2.74. The summed E-state index contributed by atoms with van der Waals surface area (Å²) in [5.41, 5.74) is 0.427. The van der Waals surface area contributed by atoms with Crippen molar-refractivity contribution in [1.29, 1.82) is 0 Å². The molecule has 0 atom stereocenters. The molecule has 7 nitrogen and oxygen atoms in total. The maximum absolute atomic E-state index is 12.0. The highest BCUT2D eigenvalue weighted by molar-refractivity contribution is 7.91. The molecule has 0 unspecified atom stereocenters. The molecule has 0 saturated carbocycles. The van der Waals surface area contributed by atoms with Crippen molar-refractivity contribution in [3.63, 3.8) is 0 Å². The lowest BCUT2D eigenvalue weighted by Crippen LogP contribution is -2.44. The van der Waals surface area contributed by atoms with E-state index in [0.29, 0.717) is 5.69 Å². The van der Waals surface area contributed by atoms with Gasteiger partial charge in [-0.25, -0.2) is 13.2 Å². The number of amides is 2. The normalized spacial score (nSPS) is 10.9. The number of benzene rings is 1. The number of aliphatic carboxylic acids is 1. The van der Waals surface area contributed by atoms with Gasteiger partial charge in [-0.05, 0) is 12.1 Å². The van der Waals surface area contributed by atoms with Crippen molar-refractivity contribution in [3.8, 4) is 0 Å². The number of sulfone groups is 1. The largest absolute Gasteiger partial charge is 0.480 e. The molecule has 1 aromatic rings. The lowest BCUT2D eigenvalue weighted by Gasteiger charge is -2.21. The molecule has 1 rings (SSSR count). The zero-order valence-corrected chi connectivity index (χ0v) is 12.5. The average Bonchev–Trinajstić information content (AvgIpc) is 2.45. The Balaban J connectivity index is 2.71. The fourth-order valence-corrected chi connectivity index (χ4v) is 2.28. The van der Waals surface area contributed by atoms with Gasteiger partial charge < -0.3 is 10.4 Å². The van der Waals surface area contributed by atoms with Crippen LogP contribution in [0.1, 0.15) is 6.92 Å². The van der Waals surface area contributed by atoms with Crippen LogP contribution in [-0.2, 0) is 14.6 Å². The summed E-state index contributed by atoms with van der Waals surface area (Å²) in [6, 6.07) is 7.66. The molecule has 1 aromatic carbocycles. The Morgan fingerprint density at radius 1 is 1.24 bits per heavy atom. The quantitative estimate of drug-likeness (QED) is 0.772. The number of carboxylic acid groups (broad SMARTS) is 1. The number of rotatable bonds is 7. The molecule has 0 saturated heterocycles. The molecule has 21 heavy (non-hydrogen) atoms. The Morgan fingerprint density at radius 3 is 2.38 bits per heavy atom. The van der Waals surface area contributed by atoms with Crippen molar-refractivity contribution < 1.29 is 23.1 Å². The van der Waals surface area contributed by atoms with Crippen LogP contribution >= 0.6 is 0 Å². The number of hydrogen-bond acceptors (Lipinski definition) is 4. The lowest BCUT2D eigenvalue weighted by atomic mass is 10.3. The number of carboxylic acids is 1. The van der Waals surface area contributed by atoms with Crippen LogP contribution in [0.2, 0.25) is 0 Å². The van der Waals surface area contributed by atoms with Crippen molar-refractivity contribution in [1.82, 2.24) is 5.32 Å². The fraction of sp³-hybridized carbons (Fsp3) is 0.385. The van der Waals surface area contributed by atoms with Gasteiger partial charge in [0.2, 0.25) is 0 Å².